The molecule has 70 valence electrons. The normalized spacial score (nSPS) is 18.2. The fraction of sp³-hybridized carbons (Fsp3) is 0.500. The quantitative estimate of drug-likeness (QED) is 0.742. The molecular formula is C10H14N2O. The third kappa shape index (κ3) is 1.52. The Morgan fingerprint density at radius 1 is 1.54 bits per heavy atom. The molecular weight excluding hydrogens is 164 g/mol. The van der Waals surface area contributed by atoms with Gasteiger partial charge in [0.05, 0.1) is 6.10 Å². The van der Waals surface area contributed by atoms with Crippen molar-refractivity contribution >= 4 is 5.82 Å². The monoisotopic (exact) mass is 178 g/mol. The van der Waals surface area contributed by atoms with Gasteiger partial charge < -0.3 is 10.0 Å². The van der Waals surface area contributed by atoms with Crippen LogP contribution in [0.5, 0.6) is 0 Å². The van der Waals surface area contributed by atoms with Gasteiger partial charge in [-0.1, -0.05) is 6.07 Å². The Morgan fingerprint density at radius 3 is 2.85 bits per heavy atom. The van der Waals surface area contributed by atoms with Gasteiger partial charge in [-0.05, 0) is 19.4 Å². The van der Waals surface area contributed by atoms with Crippen LogP contribution >= 0.6 is 0 Å². The molecule has 1 aromatic heterocycles. The minimum Gasteiger partial charge on any atom is -0.389 e. The molecule has 1 aliphatic rings. The number of aliphatic hydroxyl groups excluding tert-OH is 1. The molecule has 0 radical (unpaired) electrons. The zero-order chi connectivity index (χ0) is 9.26. The first kappa shape index (κ1) is 8.51. The molecule has 0 bridgehead atoms. The molecule has 0 amide bonds. The van der Waals surface area contributed by atoms with Gasteiger partial charge in [0.2, 0.25) is 0 Å². The molecule has 3 nitrogen and oxygen atoms in total. The summed E-state index contributed by atoms with van der Waals surface area (Å²) in [6.45, 7) is 3.91. The number of rotatable bonds is 2. The SMILES string of the molecule is CC(O)c1cccnc1N1CCC1. The van der Waals surface area contributed by atoms with E-state index in [9.17, 15) is 5.11 Å². The third-order valence-electron chi connectivity index (χ3n) is 2.42. The van der Waals surface area contributed by atoms with Gasteiger partial charge in [0.1, 0.15) is 5.82 Å². The van der Waals surface area contributed by atoms with Crippen LogP contribution in [0.3, 0.4) is 0 Å². The molecule has 0 spiro atoms. The van der Waals surface area contributed by atoms with Crippen LogP contribution in [0.2, 0.25) is 0 Å². The van der Waals surface area contributed by atoms with Crippen molar-refractivity contribution in [3.8, 4) is 0 Å². The number of hydrogen-bond acceptors (Lipinski definition) is 3. The molecule has 1 N–H and O–H groups in total. The molecule has 0 aliphatic carbocycles. The van der Waals surface area contributed by atoms with E-state index in [0.717, 1.165) is 24.5 Å². The van der Waals surface area contributed by atoms with Gasteiger partial charge in [-0.2, -0.15) is 0 Å². The second-order valence-corrected chi connectivity index (χ2v) is 3.43. The highest BCUT2D eigenvalue weighted by Crippen LogP contribution is 2.26. The number of aliphatic hydroxyl groups is 1. The van der Waals surface area contributed by atoms with E-state index in [-0.39, 0.29) is 0 Å². The lowest BCUT2D eigenvalue weighted by atomic mass is 10.1. The maximum absolute atomic E-state index is 9.51. The number of anilines is 1. The van der Waals surface area contributed by atoms with Gasteiger partial charge in [0, 0.05) is 24.8 Å². The Hall–Kier alpha value is -1.09. The van der Waals surface area contributed by atoms with Gasteiger partial charge in [-0.25, -0.2) is 4.98 Å². The van der Waals surface area contributed by atoms with Crippen LogP contribution in [0.1, 0.15) is 25.0 Å². The van der Waals surface area contributed by atoms with Crippen LogP contribution in [0, 0.1) is 0 Å². The Bertz CT molecular complexity index is 295. The lowest BCUT2D eigenvalue weighted by Crippen LogP contribution is -2.38. The lowest BCUT2D eigenvalue weighted by molar-refractivity contribution is 0.199. The first-order valence-corrected chi connectivity index (χ1v) is 4.67. The van der Waals surface area contributed by atoms with Crippen molar-refractivity contribution in [2.75, 3.05) is 18.0 Å². The summed E-state index contributed by atoms with van der Waals surface area (Å²) in [5.41, 5.74) is 0.933. The molecule has 2 heterocycles. The Labute approximate surface area is 78.0 Å². The van der Waals surface area contributed by atoms with Crippen LogP contribution in [0.15, 0.2) is 18.3 Å². The molecule has 1 unspecified atom stereocenters. The van der Waals surface area contributed by atoms with E-state index in [4.69, 9.17) is 0 Å². The van der Waals surface area contributed by atoms with Crippen LogP contribution < -0.4 is 4.90 Å². The van der Waals surface area contributed by atoms with E-state index in [1.807, 2.05) is 12.1 Å². The zero-order valence-corrected chi connectivity index (χ0v) is 7.77. The highest BCUT2D eigenvalue weighted by molar-refractivity contribution is 5.49. The molecule has 13 heavy (non-hydrogen) atoms. The summed E-state index contributed by atoms with van der Waals surface area (Å²) in [5, 5.41) is 9.51. The summed E-state index contributed by atoms with van der Waals surface area (Å²) in [4.78, 5) is 6.48. The molecule has 1 aromatic rings. The molecule has 1 aliphatic heterocycles. The van der Waals surface area contributed by atoms with E-state index in [1.165, 1.54) is 6.42 Å². The van der Waals surface area contributed by atoms with Gasteiger partial charge >= 0.3 is 0 Å². The molecule has 1 fully saturated rings. The largest absolute Gasteiger partial charge is 0.389 e. The summed E-state index contributed by atoms with van der Waals surface area (Å²) in [7, 11) is 0. The maximum atomic E-state index is 9.51. The highest BCUT2D eigenvalue weighted by atomic mass is 16.3. The maximum Gasteiger partial charge on any atom is 0.134 e. The van der Waals surface area contributed by atoms with E-state index in [1.54, 1.807) is 13.1 Å². The van der Waals surface area contributed by atoms with E-state index >= 15 is 0 Å². The third-order valence-corrected chi connectivity index (χ3v) is 2.42. The summed E-state index contributed by atoms with van der Waals surface area (Å²) in [6, 6.07) is 3.80. The van der Waals surface area contributed by atoms with Crippen molar-refractivity contribution in [2.45, 2.75) is 19.4 Å². The molecule has 3 heteroatoms. The van der Waals surface area contributed by atoms with E-state index in [0.29, 0.717) is 0 Å². The number of hydrogen-bond donors (Lipinski definition) is 1. The van der Waals surface area contributed by atoms with Crippen molar-refractivity contribution in [3.63, 3.8) is 0 Å². The lowest BCUT2D eigenvalue weighted by Gasteiger charge is -2.33. The Kier molecular flexibility index (Phi) is 2.19. The van der Waals surface area contributed by atoms with Crippen molar-refractivity contribution in [1.82, 2.24) is 4.98 Å². The van der Waals surface area contributed by atoms with Crippen molar-refractivity contribution in [1.29, 1.82) is 0 Å². The molecule has 0 aromatic carbocycles. The average Bonchev–Trinajstić information content (AvgIpc) is 2.02. The van der Waals surface area contributed by atoms with Crippen LogP contribution in [0.25, 0.3) is 0 Å². The van der Waals surface area contributed by atoms with Crippen LogP contribution in [0.4, 0.5) is 5.82 Å². The number of nitrogens with zero attached hydrogens (tertiary/aromatic N) is 2. The average molecular weight is 178 g/mol. The van der Waals surface area contributed by atoms with Gasteiger partial charge in [0.15, 0.2) is 0 Å². The minimum absolute atomic E-state index is 0.427. The van der Waals surface area contributed by atoms with Crippen molar-refractivity contribution in [2.24, 2.45) is 0 Å². The fourth-order valence-electron chi connectivity index (χ4n) is 1.53. The molecule has 1 saturated heterocycles. The summed E-state index contributed by atoms with van der Waals surface area (Å²) in [5.74, 6) is 0.948. The highest BCUT2D eigenvalue weighted by Gasteiger charge is 2.20. The number of pyridine rings is 1. The topological polar surface area (TPSA) is 36.4 Å². The first-order chi connectivity index (χ1) is 6.29. The minimum atomic E-state index is -0.427. The fourth-order valence-corrected chi connectivity index (χ4v) is 1.53. The van der Waals surface area contributed by atoms with Crippen molar-refractivity contribution < 1.29 is 5.11 Å². The van der Waals surface area contributed by atoms with Gasteiger partial charge in [-0.3, -0.25) is 0 Å². The summed E-state index contributed by atoms with van der Waals surface area (Å²) in [6.07, 6.45) is 2.58. The van der Waals surface area contributed by atoms with E-state index < -0.39 is 6.10 Å². The van der Waals surface area contributed by atoms with Crippen molar-refractivity contribution in [3.05, 3.63) is 23.9 Å². The first-order valence-electron chi connectivity index (χ1n) is 4.67. The van der Waals surface area contributed by atoms with E-state index in [2.05, 4.69) is 9.88 Å². The van der Waals surface area contributed by atoms with Crippen LogP contribution in [-0.4, -0.2) is 23.2 Å². The number of aromatic nitrogens is 1. The summed E-state index contributed by atoms with van der Waals surface area (Å²) >= 11 is 0. The van der Waals surface area contributed by atoms with Crippen LogP contribution in [-0.2, 0) is 0 Å². The second-order valence-electron chi connectivity index (χ2n) is 3.43. The van der Waals surface area contributed by atoms with Gasteiger partial charge in [-0.15, -0.1) is 0 Å². The molecule has 2 rings (SSSR count). The Morgan fingerprint density at radius 2 is 2.31 bits per heavy atom. The second kappa shape index (κ2) is 3.34. The van der Waals surface area contributed by atoms with Gasteiger partial charge in [0.25, 0.3) is 0 Å². The predicted molar refractivity (Wildman–Crippen MR) is 51.7 cm³/mol. The predicted octanol–water partition coefficient (Wildman–Crippen LogP) is 1.34. The standard InChI is InChI=1S/C10H14N2O/c1-8(13)9-4-2-5-11-10(9)12-6-3-7-12/h2,4-5,8,13H,3,6-7H2,1H3. The zero-order valence-electron chi connectivity index (χ0n) is 7.77. The smallest absolute Gasteiger partial charge is 0.134 e. The molecule has 1 atom stereocenters. The Balaban J connectivity index is 2.31. The molecule has 0 saturated carbocycles. The summed E-state index contributed by atoms with van der Waals surface area (Å²) < 4.78 is 0.